The Morgan fingerprint density at radius 2 is 1.46 bits per heavy atom. The quantitative estimate of drug-likeness (QED) is 0.200. The first-order valence-electron chi connectivity index (χ1n) is 21.6. The number of likely N-dealkylation sites (tertiary alicyclic amines) is 2. The molecule has 1 unspecified atom stereocenters. The summed E-state index contributed by atoms with van der Waals surface area (Å²) in [7, 11) is 0. The molecule has 5 fully saturated rings. The number of benzene rings is 3. The zero-order chi connectivity index (χ0) is 41.4. The standard InChI is InChI=1S/C46H48N10O5/c47-41-39-40(28-6-9-34(10-7-28)61-33-4-2-1-3-5-33)51-56(42(39)49-27-48-41)30-16-20-52(21-17-30)32-23-53(24-32)29-14-18-46(19-15-29)25-54(26-46)31-8-11-35-36(22-31)45(60)55(44(35)59)37-12-13-38(57)50-43(37)58/h1-11,22,27,29-30,32,37H,12-21,23-26H2,(H2,47,48,49)(H,50,57,58). The number of fused-ring (bicyclic) bond motifs is 2. The molecule has 7 heterocycles. The summed E-state index contributed by atoms with van der Waals surface area (Å²) in [6.07, 6.45) is 8.55. The van der Waals surface area contributed by atoms with E-state index in [1.165, 1.54) is 32.0 Å². The van der Waals surface area contributed by atoms with Crippen molar-refractivity contribution in [2.24, 2.45) is 5.41 Å². The Labute approximate surface area is 352 Å². The fraction of sp³-hybridized carbons (Fsp3) is 0.413. The minimum atomic E-state index is -0.956. The van der Waals surface area contributed by atoms with Gasteiger partial charge < -0.3 is 15.4 Å². The lowest BCUT2D eigenvalue weighted by Gasteiger charge is -2.57. The summed E-state index contributed by atoms with van der Waals surface area (Å²) < 4.78 is 8.10. The van der Waals surface area contributed by atoms with Crippen molar-refractivity contribution in [3.63, 3.8) is 0 Å². The maximum absolute atomic E-state index is 13.4. The van der Waals surface area contributed by atoms with Crippen LogP contribution in [0.5, 0.6) is 11.5 Å². The predicted octanol–water partition coefficient (Wildman–Crippen LogP) is 5.04. The van der Waals surface area contributed by atoms with Crippen LogP contribution < -0.4 is 20.7 Å². The molecule has 15 heteroatoms. The molecule has 1 spiro atoms. The molecule has 5 aromatic rings. The van der Waals surface area contributed by atoms with Crippen LogP contribution in [0.2, 0.25) is 0 Å². The highest BCUT2D eigenvalue weighted by molar-refractivity contribution is 6.23. The largest absolute Gasteiger partial charge is 0.457 e. The van der Waals surface area contributed by atoms with Crippen molar-refractivity contribution in [3.8, 4) is 22.8 Å². The Bertz CT molecular complexity index is 2550. The number of imide groups is 2. The lowest BCUT2D eigenvalue weighted by atomic mass is 9.66. The van der Waals surface area contributed by atoms with Gasteiger partial charge in [-0.2, -0.15) is 5.10 Å². The van der Waals surface area contributed by atoms with E-state index >= 15 is 0 Å². The van der Waals surface area contributed by atoms with Gasteiger partial charge in [-0.15, -0.1) is 0 Å². The molecule has 11 rings (SSSR count). The highest BCUT2D eigenvalue weighted by Crippen LogP contribution is 2.48. The minimum Gasteiger partial charge on any atom is -0.457 e. The lowest BCUT2D eigenvalue weighted by Crippen LogP contribution is -2.65. The van der Waals surface area contributed by atoms with E-state index in [1.54, 1.807) is 6.07 Å². The molecule has 2 aromatic heterocycles. The number of amides is 4. The first-order chi connectivity index (χ1) is 29.7. The molecular formula is C46H48N10O5. The van der Waals surface area contributed by atoms with Gasteiger partial charge in [-0.1, -0.05) is 18.2 Å². The second kappa shape index (κ2) is 14.8. The second-order valence-electron chi connectivity index (χ2n) is 17.8. The fourth-order valence-electron chi connectivity index (χ4n) is 10.8. The van der Waals surface area contributed by atoms with Crippen LogP contribution in [0.25, 0.3) is 22.3 Å². The average Bonchev–Trinajstić information content (AvgIpc) is 3.76. The Hall–Kier alpha value is -6.19. The number of aromatic nitrogens is 4. The zero-order valence-electron chi connectivity index (χ0n) is 33.9. The van der Waals surface area contributed by atoms with E-state index in [2.05, 4.69) is 34.7 Å². The third-order valence-electron chi connectivity index (χ3n) is 14.2. The van der Waals surface area contributed by atoms with E-state index in [0.29, 0.717) is 29.0 Å². The maximum atomic E-state index is 13.4. The van der Waals surface area contributed by atoms with E-state index in [9.17, 15) is 19.2 Å². The summed E-state index contributed by atoms with van der Waals surface area (Å²) in [6.45, 7) is 6.16. The summed E-state index contributed by atoms with van der Waals surface area (Å²) in [6, 6.07) is 23.6. The van der Waals surface area contributed by atoms with E-state index in [4.69, 9.17) is 15.6 Å². The molecule has 3 N–H and O–H groups in total. The Morgan fingerprint density at radius 3 is 2.20 bits per heavy atom. The fourth-order valence-corrected chi connectivity index (χ4v) is 10.8. The maximum Gasteiger partial charge on any atom is 0.262 e. The molecule has 3 aromatic carbocycles. The van der Waals surface area contributed by atoms with Gasteiger partial charge in [0.15, 0.2) is 5.65 Å². The van der Waals surface area contributed by atoms with Crippen LogP contribution >= 0.6 is 0 Å². The number of nitrogens with two attached hydrogens (primary N) is 1. The third-order valence-corrected chi connectivity index (χ3v) is 14.2. The first-order valence-corrected chi connectivity index (χ1v) is 21.6. The number of nitrogens with one attached hydrogen (secondary N) is 1. The predicted molar refractivity (Wildman–Crippen MR) is 227 cm³/mol. The van der Waals surface area contributed by atoms with Gasteiger partial charge in [-0.25, -0.2) is 14.6 Å². The molecule has 0 bridgehead atoms. The molecule has 6 aliphatic rings. The molecule has 1 atom stereocenters. The molecule has 312 valence electrons. The average molecular weight is 821 g/mol. The van der Waals surface area contributed by atoms with E-state index in [-0.39, 0.29) is 30.2 Å². The third kappa shape index (κ3) is 6.61. The van der Waals surface area contributed by atoms with Crippen molar-refractivity contribution in [1.82, 2.24) is 39.8 Å². The molecule has 61 heavy (non-hydrogen) atoms. The van der Waals surface area contributed by atoms with Gasteiger partial charge in [0.25, 0.3) is 11.8 Å². The normalized spacial score (nSPS) is 22.7. The number of carbonyl (C=O) groups is 4. The minimum absolute atomic E-state index is 0.105. The lowest BCUT2D eigenvalue weighted by molar-refractivity contribution is -0.136. The van der Waals surface area contributed by atoms with Crippen molar-refractivity contribution < 1.29 is 23.9 Å². The Morgan fingerprint density at radius 1 is 0.738 bits per heavy atom. The van der Waals surface area contributed by atoms with Crippen molar-refractivity contribution >= 4 is 46.2 Å². The summed E-state index contributed by atoms with van der Waals surface area (Å²) in [4.78, 5) is 68.4. The van der Waals surface area contributed by atoms with Crippen LogP contribution in [0.1, 0.15) is 78.1 Å². The monoisotopic (exact) mass is 820 g/mol. The molecule has 0 radical (unpaired) electrons. The van der Waals surface area contributed by atoms with Gasteiger partial charge in [0, 0.05) is 74.4 Å². The van der Waals surface area contributed by atoms with Crippen LogP contribution in [-0.4, -0.2) is 115 Å². The van der Waals surface area contributed by atoms with E-state index in [0.717, 1.165) is 96.5 Å². The summed E-state index contributed by atoms with van der Waals surface area (Å²) in [5.74, 6) is 0.0721. The number of para-hydroxylation sites is 1. The number of rotatable bonds is 8. The molecule has 1 saturated carbocycles. The molecule has 1 aliphatic carbocycles. The summed E-state index contributed by atoms with van der Waals surface area (Å²) in [5.41, 5.74) is 10.9. The number of hydrogen-bond acceptors (Lipinski definition) is 12. The number of piperidine rings is 2. The molecule has 15 nitrogen and oxygen atoms in total. The molecular weight excluding hydrogens is 773 g/mol. The number of nitrogen functional groups attached to an aromatic ring is 1. The van der Waals surface area contributed by atoms with Crippen LogP contribution in [0, 0.1) is 5.41 Å². The van der Waals surface area contributed by atoms with Gasteiger partial charge in [-0.05, 0) is 99.5 Å². The molecule has 4 saturated heterocycles. The van der Waals surface area contributed by atoms with Crippen LogP contribution in [0.15, 0.2) is 79.1 Å². The number of nitrogens with zero attached hydrogens (tertiary/aromatic N) is 8. The van der Waals surface area contributed by atoms with Gasteiger partial charge in [0.2, 0.25) is 11.8 Å². The van der Waals surface area contributed by atoms with Gasteiger partial charge >= 0.3 is 0 Å². The SMILES string of the molecule is Nc1ncnc2c1c(-c1ccc(Oc3ccccc3)cc1)nn2C1CCN(C2CN(C3CCC4(CC3)CN(c3ccc5c(c3)C(=O)N(C3CCC(=O)NC3=O)C5=O)C4)C2)CC1. The number of carbonyl (C=O) groups excluding carboxylic acids is 4. The smallest absolute Gasteiger partial charge is 0.262 e. The topological polar surface area (TPSA) is 172 Å². The highest BCUT2D eigenvalue weighted by Gasteiger charge is 2.49. The van der Waals surface area contributed by atoms with Gasteiger partial charge in [-0.3, -0.25) is 39.2 Å². The number of hydrogen-bond donors (Lipinski definition) is 2. The van der Waals surface area contributed by atoms with Crippen molar-refractivity contribution in [3.05, 3.63) is 90.3 Å². The summed E-state index contributed by atoms with van der Waals surface area (Å²) in [5, 5.41) is 8.19. The van der Waals surface area contributed by atoms with E-state index < -0.39 is 23.8 Å². The van der Waals surface area contributed by atoms with E-state index in [1.807, 2.05) is 66.7 Å². The van der Waals surface area contributed by atoms with Crippen molar-refractivity contribution in [2.75, 3.05) is 49.9 Å². The van der Waals surface area contributed by atoms with Gasteiger partial charge in [0.1, 0.15) is 35.4 Å². The van der Waals surface area contributed by atoms with Crippen molar-refractivity contribution in [2.45, 2.75) is 75.5 Å². The van der Waals surface area contributed by atoms with Crippen LogP contribution in [0.4, 0.5) is 11.5 Å². The van der Waals surface area contributed by atoms with Crippen LogP contribution in [0.3, 0.4) is 0 Å². The van der Waals surface area contributed by atoms with Gasteiger partial charge in [0.05, 0.1) is 22.6 Å². The number of anilines is 2. The Kier molecular flexibility index (Phi) is 9.15. The number of ether oxygens (including phenoxy) is 1. The zero-order valence-corrected chi connectivity index (χ0v) is 33.9. The summed E-state index contributed by atoms with van der Waals surface area (Å²) >= 11 is 0. The molecule has 5 aliphatic heterocycles. The Balaban J connectivity index is 0.665. The van der Waals surface area contributed by atoms with Crippen LogP contribution in [-0.2, 0) is 9.59 Å². The molecule has 4 amide bonds. The second-order valence-corrected chi connectivity index (χ2v) is 17.8. The van der Waals surface area contributed by atoms with Crippen molar-refractivity contribution in [1.29, 1.82) is 0 Å². The first kappa shape index (κ1) is 37.8. The highest BCUT2D eigenvalue weighted by atomic mass is 16.5.